The minimum atomic E-state index is -0.393. The second-order valence-electron chi connectivity index (χ2n) is 6.80. The van der Waals surface area contributed by atoms with Crippen molar-refractivity contribution in [2.45, 2.75) is 44.6 Å². The zero-order chi connectivity index (χ0) is 16.2. The van der Waals surface area contributed by atoms with E-state index in [1.165, 1.54) is 12.8 Å². The Morgan fingerprint density at radius 1 is 1.22 bits per heavy atom. The van der Waals surface area contributed by atoms with Crippen molar-refractivity contribution in [3.8, 4) is 0 Å². The highest BCUT2D eigenvalue weighted by molar-refractivity contribution is 5.92. The quantitative estimate of drug-likeness (QED) is 0.894. The van der Waals surface area contributed by atoms with Gasteiger partial charge in [0.05, 0.1) is 0 Å². The van der Waals surface area contributed by atoms with Crippen LogP contribution in [0.25, 0.3) is 0 Å². The number of hydrogen-bond acceptors (Lipinski definition) is 2. The molecule has 3 rings (SSSR count). The number of nitrogens with zero attached hydrogens (tertiary/aromatic N) is 1. The fourth-order valence-corrected chi connectivity index (χ4v) is 3.70. The first-order valence-corrected chi connectivity index (χ1v) is 8.56. The normalized spacial score (nSPS) is 21.6. The van der Waals surface area contributed by atoms with Gasteiger partial charge in [-0.25, -0.2) is 4.79 Å². The van der Waals surface area contributed by atoms with Crippen LogP contribution in [0.2, 0.25) is 0 Å². The molecule has 1 atom stereocenters. The number of nitrogens with one attached hydrogen (secondary N) is 1. The summed E-state index contributed by atoms with van der Waals surface area (Å²) in [6.07, 6.45) is 6.58. The second kappa shape index (κ2) is 7.02. The van der Waals surface area contributed by atoms with Gasteiger partial charge in [-0.15, -0.1) is 0 Å². The molecule has 2 fully saturated rings. The summed E-state index contributed by atoms with van der Waals surface area (Å²) >= 11 is 0. The monoisotopic (exact) mass is 315 g/mol. The molecule has 5 nitrogen and oxygen atoms in total. The van der Waals surface area contributed by atoms with Gasteiger partial charge < -0.3 is 16.0 Å². The van der Waals surface area contributed by atoms with Crippen LogP contribution in [0.1, 0.15) is 48.0 Å². The van der Waals surface area contributed by atoms with Crippen molar-refractivity contribution >= 4 is 11.9 Å². The summed E-state index contributed by atoms with van der Waals surface area (Å²) in [4.78, 5) is 25.5. The minimum absolute atomic E-state index is 0.0882. The van der Waals surface area contributed by atoms with E-state index in [0.717, 1.165) is 44.3 Å². The Morgan fingerprint density at radius 2 is 2.00 bits per heavy atom. The SMILES string of the molecule is NC(=O)c1cccc(CC2CCN(C(=O)NC3CCCC3)C2)c1. The van der Waals surface area contributed by atoms with Crippen molar-refractivity contribution in [3.05, 3.63) is 35.4 Å². The lowest BCUT2D eigenvalue weighted by Crippen LogP contribution is -2.42. The van der Waals surface area contributed by atoms with Crippen molar-refractivity contribution in [1.82, 2.24) is 10.2 Å². The maximum atomic E-state index is 12.3. The first-order chi connectivity index (χ1) is 11.1. The molecule has 0 radical (unpaired) electrons. The van der Waals surface area contributed by atoms with Gasteiger partial charge in [0.2, 0.25) is 5.91 Å². The van der Waals surface area contributed by atoms with Crippen molar-refractivity contribution < 1.29 is 9.59 Å². The van der Waals surface area contributed by atoms with Crippen LogP contribution in [0.4, 0.5) is 4.79 Å². The Bertz CT molecular complexity index is 581. The first kappa shape index (κ1) is 15.8. The summed E-state index contributed by atoms with van der Waals surface area (Å²) in [6, 6.07) is 7.95. The molecular formula is C18H25N3O2. The second-order valence-corrected chi connectivity index (χ2v) is 6.80. The summed E-state index contributed by atoms with van der Waals surface area (Å²) in [5.41, 5.74) is 7.00. The number of carbonyl (C=O) groups is 2. The van der Waals surface area contributed by atoms with Gasteiger partial charge >= 0.3 is 6.03 Å². The Hall–Kier alpha value is -2.04. The largest absolute Gasteiger partial charge is 0.366 e. The van der Waals surface area contributed by atoms with E-state index in [4.69, 9.17) is 5.73 Å². The number of rotatable bonds is 4. The van der Waals surface area contributed by atoms with Crippen molar-refractivity contribution in [2.75, 3.05) is 13.1 Å². The Kier molecular flexibility index (Phi) is 4.84. The van der Waals surface area contributed by atoms with Crippen LogP contribution in [-0.4, -0.2) is 36.0 Å². The molecule has 1 heterocycles. The average Bonchev–Trinajstić information content (AvgIpc) is 3.19. The van der Waals surface area contributed by atoms with E-state index in [0.29, 0.717) is 17.5 Å². The molecule has 1 aromatic carbocycles. The molecule has 0 spiro atoms. The van der Waals surface area contributed by atoms with Crippen LogP contribution in [0.15, 0.2) is 24.3 Å². The average molecular weight is 315 g/mol. The smallest absolute Gasteiger partial charge is 0.317 e. The van der Waals surface area contributed by atoms with Crippen LogP contribution in [0, 0.1) is 5.92 Å². The Labute approximate surface area is 137 Å². The predicted molar refractivity (Wildman–Crippen MR) is 89.1 cm³/mol. The maximum absolute atomic E-state index is 12.3. The summed E-state index contributed by atoms with van der Waals surface area (Å²) < 4.78 is 0. The summed E-state index contributed by atoms with van der Waals surface area (Å²) in [5.74, 6) is 0.0586. The van der Waals surface area contributed by atoms with Gasteiger partial charge in [-0.05, 0) is 49.3 Å². The molecule has 1 unspecified atom stereocenters. The molecule has 0 aromatic heterocycles. The summed E-state index contributed by atoms with van der Waals surface area (Å²) in [7, 11) is 0. The number of carbonyl (C=O) groups excluding carboxylic acids is 2. The first-order valence-electron chi connectivity index (χ1n) is 8.56. The highest BCUT2D eigenvalue weighted by atomic mass is 16.2. The lowest BCUT2D eigenvalue weighted by molar-refractivity contribution is 0.1000. The zero-order valence-electron chi connectivity index (χ0n) is 13.5. The number of hydrogen-bond donors (Lipinski definition) is 2. The Morgan fingerprint density at radius 3 is 2.74 bits per heavy atom. The molecule has 124 valence electrons. The maximum Gasteiger partial charge on any atom is 0.317 e. The van der Waals surface area contributed by atoms with E-state index in [-0.39, 0.29) is 6.03 Å². The topological polar surface area (TPSA) is 75.4 Å². The lowest BCUT2D eigenvalue weighted by Gasteiger charge is -2.20. The number of likely N-dealkylation sites (tertiary alicyclic amines) is 1. The van der Waals surface area contributed by atoms with E-state index in [9.17, 15) is 9.59 Å². The number of urea groups is 1. The molecule has 2 aliphatic rings. The van der Waals surface area contributed by atoms with Gasteiger partial charge in [-0.1, -0.05) is 25.0 Å². The lowest BCUT2D eigenvalue weighted by atomic mass is 9.97. The molecular weight excluding hydrogens is 290 g/mol. The molecule has 1 aliphatic carbocycles. The van der Waals surface area contributed by atoms with Crippen molar-refractivity contribution in [3.63, 3.8) is 0 Å². The minimum Gasteiger partial charge on any atom is -0.366 e. The van der Waals surface area contributed by atoms with E-state index >= 15 is 0 Å². The molecule has 0 bridgehead atoms. The predicted octanol–water partition coefficient (Wildman–Crippen LogP) is 2.30. The molecule has 23 heavy (non-hydrogen) atoms. The third-order valence-corrected chi connectivity index (χ3v) is 4.99. The van der Waals surface area contributed by atoms with Crippen LogP contribution in [0.3, 0.4) is 0 Å². The standard InChI is InChI=1S/C18H25N3O2/c19-17(22)15-5-3-4-13(11-15)10-14-8-9-21(12-14)18(23)20-16-6-1-2-7-16/h3-5,11,14,16H,1-2,6-10,12H2,(H2,19,22)(H,20,23). The van der Waals surface area contributed by atoms with Gasteiger partial charge in [-0.2, -0.15) is 0 Å². The number of primary amides is 1. The molecule has 5 heteroatoms. The van der Waals surface area contributed by atoms with Crippen LogP contribution in [0.5, 0.6) is 0 Å². The van der Waals surface area contributed by atoms with Gasteiger partial charge in [0.25, 0.3) is 0 Å². The molecule has 3 N–H and O–H groups in total. The molecule has 1 saturated heterocycles. The highest BCUT2D eigenvalue weighted by Crippen LogP contribution is 2.23. The number of amides is 3. The summed E-state index contributed by atoms with van der Waals surface area (Å²) in [6.45, 7) is 1.61. The van der Waals surface area contributed by atoms with E-state index in [2.05, 4.69) is 5.32 Å². The van der Waals surface area contributed by atoms with E-state index in [1.54, 1.807) is 6.07 Å². The van der Waals surface area contributed by atoms with Gasteiger partial charge in [-0.3, -0.25) is 4.79 Å². The van der Waals surface area contributed by atoms with Crippen LogP contribution < -0.4 is 11.1 Å². The van der Waals surface area contributed by atoms with E-state index < -0.39 is 5.91 Å². The van der Waals surface area contributed by atoms with Crippen LogP contribution >= 0.6 is 0 Å². The molecule has 1 saturated carbocycles. The van der Waals surface area contributed by atoms with Crippen LogP contribution in [-0.2, 0) is 6.42 Å². The molecule has 1 aliphatic heterocycles. The number of benzene rings is 1. The van der Waals surface area contributed by atoms with Gasteiger partial charge in [0.1, 0.15) is 0 Å². The number of nitrogens with two attached hydrogens (primary N) is 1. The molecule has 3 amide bonds. The fraction of sp³-hybridized carbons (Fsp3) is 0.556. The van der Waals surface area contributed by atoms with Crippen molar-refractivity contribution in [2.24, 2.45) is 11.7 Å². The third-order valence-electron chi connectivity index (χ3n) is 4.99. The van der Waals surface area contributed by atoms with Crippen molar-refractivity contribution in [1.29, 1.82) is 0 Å². The van der Waals surface area contributed by atoms with Gasteiger partial charge in [0, 0.05) is 24.7 Å². The highest BCUT2D eigenvalue weighted by Gasteiger charge is 2.28. The van der Waals surface area contributed by atoms with E-state index in [1.807, 2.05) is 23.1 Å². The fourth-order valence-electron chi connectivity index (χ4n) is 3.70. The third kappa shape index (κ3) is 4.03. The molecule has 1 aromatic rings. The Balaban J connectivity index is 1.52. The zero-order valence-corrected chi connectivity index (χ0v) is 13.5. The van der Waals surface area contributed by atoms with Gasteiger partial charge in [0.15, 0.2) is 0 Å². The summed E-state index contributed by atoms with van der Waals surface area (Å²) in [5, 5.41) is 3.16.